The van der Waals surface area contributed by atoms with Crippen LogP contribution in [0.5, 0.6) is 5.75 Å². The number of primary amides is 3. The summed E-state index contributed by atoms with van der Waals surface area (Å²) in [6.07, 6.45) is 1.69. The number of nitrogens with one attached hydrogen (secondary N) is 7. The number of carbonyl (C=O) groups excluding carboxylic acids is 11. The van der Waals surface area contributed by atoms with Crippen LogP contribution in [0, 0.1) is 0 Å². The molecule has 20 N–H and O–H groups in total. The number of guanidine groups is 1. The molecule has 2 aliphatic heterocycles. The molecule has 82 heavy (non-hydrogen) atoms. The number of hydrogen-bond donors (Lipinski definition) is 14. The zero-order chi connectivity index (χ0) is 59.9. The van der Waals surface area contributed by atoms with E-state index in [4.69, 9.17) is 34.4 Å². The van der Waals surface area contributed by atoms with Crippen LogP contribution in [0.4, 0.5) is 0 Å². The van der Waals surface area contributed by atoms with Crippen LogP contribution in [-0.2, 0) is 65.6 Å². The average molecular weight is 1240 g/mol. The van der Waals surface area contributed by atoms with E-state index < -0.39 is 151 Å². The van der Waals surface area contributed by atoms with Crippen LogP contribution in [0.15, 0.2) is 84.1 Å². The molecule has 0 radical (unpaired) electrons. The van der Waals surface area contributed by atoms with Gasteiger partial charge in [-0.2, -0.15) is 0 Å². The summed E-state index contributed by atoms with van der Waals surface area (Å²) in [5.74, 6) is -10.3. The van der Waals surface area contributed by atoms with Crippen molar-refractivity contribution in [1.29, 1.82) is 0 Å². The molecule has 0 spiro atoms. The van der Waals surface area contributed by atoms with Gasteiger partial charge >= 0.3 is 418 Å². The molecule has 3 aromatic rings. The molecule has 2 unspecified atom stereocenters. The predicted octanol–water partition coefficient (Wildman–Crippen LogP) is -5.53. The fourth-order valence-electron chi connectivity index (χ4n) is 8.50. The Kier molecular flexibility index (Phi) is 25.7. The number of aromatic nitrogens is 1. The molecule has 28 nitrogen and oxygen atoms in total. The molecule has 1 aromatic heterocycles. The van der Waals surface area contributed by atoms with Gasteiger partial charge in [0.2, 0.25) is 5.91 Å². The Morgan fingerprint density at radius 3 is 1.96 bits per heavy atom. The van der Waals surface area contributed by atoms with Crippen molar-refractivity contribution < 1.29 is 57.8 Å². The first-order valence-electron chi connectivity index (χ1n) is 25.9. The number of rotatable bonds is 20. The van der Waals surface area contributed by atoms with E-state index in [2.05, 4.69) is 47.2 Å². The van der Waals surface area contributed by atoms with Gasteiger partial charge in [-0.05, 0) is 0 Å². The van der Waals surface area contributed by atoms with E-state index in [1.807, 2.05) is 0 Å². The van der Waals surface area contributed by atoms with Crippen molar-refractivity contribution in [2.24, 2.45) is 39.4 Å². The number of amides is 11. The van der Waals surface area contributed by atoms with Gasteiger partial charge in [-0.1, -0.05) is 18.2 Å². The van der Waals surface area contributed by atoms with Crippen molar-refractivity contribution in [3.63, 3.8) is 0 Å². The Bertz CT molecular complexity index is 2790. The molecular formula is C51H69AsN16O12S2. The number of aliphatic imine (C=N–C) groups is 1. The Morgan fingerprint density at radius 2 is 1.34 bits per heavy atom. The zero-order valence-electron chi connectivity index (χ0n) is 44.5. The van der Waals surface area contributed by atoms with Crippen LogP contribution in [0.25, 0.3) is 0 Å². The Morgan fingerprint density at radius 1 is 0.732 bits per heavy atom. The molecule has 5 rings (SSSR count). The summed E-state index contributed by atoms with van der Waals surface area (Å²) in [6.45, 7) is -0.454. The molecule has 0 aliphatic carbocycles. The molecule has 9 atom stereocenters. The van der Waals surface area contributed by atoms with Gasteiger partial charge < -0.3 is 22.9 Å². The number of aromatic hydroxyl groups is 1. The number of benzene rings is 2. The van der Waals surface area contributed by atoms with Crippen LogP contribution in [-0.4, -0.2) is 178 Å². The van der Waals surface area contributed by atoms with Gasteiger partial charge in [0.05, 0.1) is 0 Å². The van der Waals surface area contributed by atoms with Crippen molar-refractivity contribution >= 4 is 108 Å². The molecule has 0 saturated carbocycles. The fourth-order valence-corrected chi connectivity index (χ4v) is 20.8. The van der Waals surface area contributed by atoms with Crippen molar-refractivity contribution in [2.45, 2.75) is 106 Å². The maximum atomic E-state index is 15.1. The van der Waals surface area contributed by atoms with Gasteiger partial charge in [0.1, 0.15) is 0 Å². The summed E-state index contributed by atoms with van der Waals surface area (Å²) in [5.41, 5.74) is 34.9. The van der Waals surface area contributed by atoms with Gasteiger partial charge in [-0.15, -0.1) is 0 Å². The van der Waals surface area contributed by atoms with Gasteiger partial charge in [0, 0.05) is 0 Å². The van der Waals surface area contributed by atoms with Crippen molar-refractivity contribution in [3.8, 4) is 5.75 Å². The number of carbonyl (C=O) groups is 11. The van der Waals surface area contributed by atoms with E-state index in [1.165, 1.54) is 49.2 Å². The topological polar surface area (TPSA) is 477 Å². The standard InChI is InChI=1S/C51H69AsN16O12S2/c53-32-26-81-52(30-9-4-18-59-24-30)82-27-38(50(80)68-20-6-11-39(68)49(79)63-33(10-5-19-60-51(57)58)44(74)61-25-42(56)72)67-48(78)37(23-41(55)71)66-45(75)34(16-17-40(54)70)62-46(76)36(21-28-7-2-1-3-8-28)65-47(77)35(64-43(32)73)22-29-12-14-31(69)15-13-29/h1-4,7-9,12-15,18,24,32-39,69H,5-6,10-11,16-17,19-23,25-27,53H2,(H2,54,70)(H2,55,71)(H2,56,72)(H,61,74)(H,62,76)(H,63,79)(H,64,73)(H,65,77)(H,66,75)(H,67,78)(H4,57,58,60)/t32-,33+,34+,35?,36+,37+,38-,39+,52?/m1/s1. The summed E-state index contributed by atoms with van der Waals surface area (Å²) in [6, 6.07) is 6.25. The number of phenolic OH excluding ortho intramolecular Hbond substituents is 1. The van der Waals surface area contributed by atoms with Crippen molar-refractivity contribution in [2.75, 3.05) is 31.1 Å². The molecule has 2 fully saturated rings. The first kappa shape index (κ1) is 64.9. The SMILES string of the molecule is NC(=O)CC[C@@H]1NC(=O)[C@H](Cc2ccccc2)NC(=O)C(Cc2ccc(O)cc2)NC(=O)[C@H](N)CS[As](c2cccnc2)SC[C@H](C(=O)N2CCC[C@H]2C(=O)N[C@@H](CCCN=C(N)N)C(=O)NCC(N)=O)NC(=O)[C@H](CC(N)=O)NC1=O. The predicted molar refractivity (Wildman–Crippen MR) is 305 cm³/mol. The second-order valence-electron chi connectivity index (χ2n) is 19.1. The second-order valence-corrected chi connectivity index (χ2v) is 30.7. The minimum atomic E-state index is -2.65. The fraction of sp³-hybridized carbons (Fsp3) is 0.431. The van der Waals surface area contributed by atoms with Crippen molar-refractivity contribution in [3.05, 3.63) is 90.3 Å². The summed E-state index contributed by atoms with van der Waals surface area (Å²) in [4.78, 5) is 160. The van der Waals surface area contributed by atoms with E-state index in [0.29, 0.717) is 17.5 Å². The molecule has 31 heteroatoms. The van der Waals surface area contributed by atoms with E-state index in [-0.39, 0.29) is 68.4 Å². The van der Waals surface area contributed by atoms with Crippen LogP contribution < -0.4 is 76.0 Å². The molecule has 2 saturated heterocycles. The third-order valence-corrected chi connectivity index (χ3v) is 25.9. The minimum absolute atomic E-state index is 0.00120. The maximum absolute atomic E-state index is 15.1. The average Bonchev–Trinajstić information content (AvgIpc) is 3.97. The molecule has 2 aliphatic rings. The molecule has 442 valence electrons. The molecule has 3 heterocycles. The number of nitrogens with zero attached hydrogens (tertiary/aromatic N) is 3. The Hall–Kier alpha value is -7.95. The Balaban J connectivity index is 1.56. The van der Waals surface area contributed by atoms with Gasteiger partial charge in [0.15, 0.2) is 5.96 Å². The van der Waals surface area contributed by atoms with Crippen LogP contribution in [0.2, 0.25) is 0 Å². The number of hydrogen-bond acceptors (Lipinski definition) is 17. The third kappa shape index (κ3) is 21.2. The van der Waals surface area contributed by atoms with Crippen LogP contribution in [0.3, 0.4) is 0 Å². The third-order valence-electron chi connectivity index (χ3n) is 12.7. The monoisotopic (exact) mass is 1240 g/mol. The van der Waals surface area contributed by atoms with Gasteiger partial charge in [-0.3, -0.25) is 14.6 Å². The molecular weight excluding hydrogens is 1170 g/mol. The normalized spacial score (nSPS) is 22.7. The first-order chi connectivity index (χ1) is 39.1. The van der Waals surface area contributed by atoms with E-state index in [9.17, 15) is 53.1 Å². The van der Waals surface area contributed by atoms with E-state index >= 15 is 4.79 Å². The van der Waals surface area contributed by atoms with Crippen LogP contribution in [0.1, 0.15) is 56.1 Å². The van der Waals surface area contributed by atoms with Gasteiger partial charge in [-0.25, -0.2) is 0 Å². The summed E-state index contributed by atoms with van der Waals surface area (Å²) in [7, 11) is 2.55. The molecule has 11 amide bonds. The summed E-state index contributed by atoms with van der Waals surface area (Å²) in [5, 5.41) is 28.1. The molecule has 0 bridgehead atoms. The van der Waals surface area contributed by atoms with E-state index in [1.54, 1.807) is 54.9 Å². The Labute approximate surface area is 482 Å². The molecule has 2 aromatic carbocycles. The summed E-state index contributed by atoms with van der Waals surface area (Å²) < 4.78 is 0.722. The number of nitrogens with two attached hydrogens (primary N) is 6. The number of pyridine rings is 1. The van der Waals surface area contributed by atoms with Crippen molar-refractivity contribution in [1.82, 2.24) is 47.1 Å². The van der Waals surface area contributed by atoms with Crippen LogP contribution >= 0.6 is 20.0 Å². The number of phenols is 1. The van der Waals surface area contributed by atoms with Gasteiger partial charge in [0.25, 0.3) is 0 Å². The zero-order valence-corrected chi connectivity index (χ0v) is 48.0. The van der Waals surface area contributed by atoms with E-state index in [0.717, 1.165) is 4.35 Å². The first-order valence-corrected chi connectivity index (χ1v) is 33.3. The second kappa shape index (κ2) is 32.5. The quantitative estimate of drug-likeness (QED) is 0.0217. The summed E-state index contributed by atoms with van der Waals surface area (Å²) >= 11 is -2.65. The number of likely N-dealkylation sites (tertiary alicyclic amines) is 1.